The maximum absolute atomic E-state index is 12.5. The minimum absolute atomic E-state index is 0.00149. The Morgan fingerprint density at radius 1 is 1.32 bits per heavy atom. The van der Waals surface area contributed by atoms with Crippen molar-refractivity contribution in [3.63, 3.8) is 0 Å². The summed E-state index contributed by atoms with van der Waals surface area (Å²) in [7, 11) is 0. The molecule has 0 aliphatic carbocycles. The number of likely N-dealkylation sites (tertiary alicyclic amines) is 1. The standard InChI is InChI=1S/C17H19ClN4O2S/c18-13-3-5-14(6-4-13)22-9-7-20-17(22)25-11-15(23)21-8-1-2-12(10-21)16(19)24/h3-7,9,12H,1-2,8,10-11H2,(H2,19,24). The van der Waals surface area contributed by atoms with Crippen molar-refractivity contribution in [1.82, 2.24) is 14.5 Å². The van der Waals surface area contributed by atoms with Crippen molar-refractivity contribution in [2.75, 3.05) is 18.8 Å². The first-order chi connectivity index (χ1) is 12.0. The molecule has 1 aromatic heterocycles. The lowest BCUT2D eigenvalue weighted by molar-refractivity contribution is -0.132. The number of amides is 2. The molecule has 132 valence electrons. The maximum atomic E-state index is 12.5. The third kappa shape index (κ3) is 4.35. The van der Waals surface area contributed by atoms with E-state index in [1.165, 1.54) is 11.8 Å². The molecule has 0 spiro atoms. The quantitative estimate of drug-likeness (QED) is 0.809. The monoisotopic (exact) mass is 378 g/mol. The number of hydrogen-bond acceptors (Lipinski definition) is 4. The number of hydrogen-bond donors (Lipinski definition) is 1. The van der Waals surface area contributed by atoms with E-state index in [0.717, 1.165) is 23.7 Å². The Morgan fingerprint density at radius 3 is 2.80 bits per heavy atom. The Balaban J connectivity index is 1.62. The Hall–Kier alpha value is -1.99. The number of primary amides is 1. The lowest BCUT2D eigenvalue weighted by atomic mass is 9.97. The van der Waals surface area contributed by atoms with E-state index in [9.17, 15) is 9.59 Å². The van der Waals surface area contributed by atoms with E-state index in [0.29, 0.717) is 18.1 Å². The van der Waals surface area contributed by atoms with E-state index in [1.807, 2.05) is 35.0 Å². The molecule has 25 heavy (non-hydrogen) atoms. The highest BCUT2D eigenvalue weighted by molar-refractivity contribution is 7.99. The highest BCUT2D eigenvalue weighted by Crippen LogP contribution is 2.23. The van der Waals surface area contributed by atoms with Gasteiger partial charge in [0.15, 0.2) is 5.16 Å². The van der Waals surface area contributed by atoms with Gasteiger partial charge in [-0.15, -0.1) is 0 Å². The fourth-order valence-corrected chi connectivity index (χ4v) is 3.85. The first-order valence-electron chi connectivity index (χ1n) is 8.04. The first kappa shape index (κ1) is 17.8. The van der Waals surface area contributed by atoms with E-state index in [-0.39, 0.29) is 23.5 Å². The van der Waals surface area contributed by atoms with Gasteiger partial charge in [-0.2, -0.15) is 0 Å². The van der Waals surface area contributed by atoms with Gasteiger partial charge in [0.2, 0.25) is 11.8 Å². The zero-order valence-corrected chi connectivity index (χ0v) is 15.2. The average molecular weight is 379 g/mol. The molecule has 2 heterocycles. The van der Waals surface area contributed by atoms with Gasteiger partial charge in [-0.25, -0.2) is 4.98 Å². The first-order valence-corrected chi connectivity index (χ1v) is 9.40. The molecule has 1 aliphatic rings. The Kier molecular flexibility index (Phi) is 5.65. The lowest BCUT2D eigenvalue weighted by Crippen LogP contribution is -2.44. The molecule has 2 aromatic rings. The van der Waals surface area contributed by atoms with Crippen LogP contribution in [-0.4, -0.2) is 45.1 Å². The molecule has 0 radical (unpaired) electrons. The van der Waals surface area contributed by atoms with Crippen LogP contribution in [0.4, 0.5) is 0 Å². The Labute approximate surface area is 155 Å². The van der Waals surface area contributed by atoms with Crippen LogP contribution in [0, 0.1) is 5.92 Å². The third-order valence-corrected chi connectivity index (χ3v) is 5.42. The molecule has 0 bridgehead atoms. The van der Waals surface area contributed by atoms with Crippen LogP contribution >= 0.6 is 23.4 Å². The number of halogens is 1. The van der Waals surface area contributed by atoms with Crippen LogP contribution in [0.15, 0.2) is 41.8 Å². The minimum atomic E-state index is -0.330. The number of rotatable bonds is 5. The number of carbonyl (C=O) groups excluding carboxylic acids is 2. The molecule has 1 fully saturated rings. The van der Waals surface area contributed by atoms with E-state index in [1.54, 1.807) is 11.1 Å². The van der Waals surface area contributed by atoms with Crippen molar-refractivity contribution < 1.29 is 9.59 Å². The molecule has 1 atom stereocenters. The van der Waals surface area contributed by atoms with Crippen LogP contribution in [0.3, 0.4) is 0 Å². The zero-order chi connectivity index (χ0) is 17.8. The molecule has 0 saturated carbocycles. The van der Waals surface area contributed by atoms with Crippen molar-refractivity contribution in [3.05, 3.63) is 41.7 Å². The molecule has 3 rings (SSSR count). The number of thioether (sulfide) groups is 1. The number of carbonyl (C=O) groups is 2. The van der Waals surface area contributed by atoms with E-state index < -0.39 is 0 Å². The predicted molar refractivity (Wildman–Crippen MR) is 97.8 cm³/mol. The molecule has 8 heteroatoms. The summed E-state index contributed by atoms with van der Waals surface area (Å²) in [6, 6.07) is 7.43. The molecular formula is C17H19ClN4O2S. The van der Waals surface area contributed by atoms with Crippen molar-refractivity contribution in [2.45, 2.75) is 18.0 Å². The summed E-state index contributed by atoms with van der Waals surface area (Å²) in [4.78, 5) is 29.8. The van der Waals surface area contributed by atoms with Gasteiger partial charge in [-0.1, -0.05) is 23.4 Å². The summed E-state index contributed by atoms with van der Waals surface area (Å²) >= 11 is 7.30. The summed E-state index contributed by atoms with van der Waals surface area (Å²) in [6.45, 7) is 1.09. The number of nitrogens with zero attached hydrogens (tertiary/aromatic N) is 3. The summed E-state index contributed by atoms with van der Waals surface area (Å²) in [6.07, 6.45) is 5.11. The highest BCUT2D eigenvalue weighted by atomic mass is 35.5. The van der Waals surface area contributed by atoms with Gasteiger partial charge in [0.25, 0.3) is 0 Å². The SMILES string of the molecule is NC(=O)C1CCCN(C(=O)CSc2nccn2-c2ccc(Cl)cc2)C1. The molecule has 1 unspecified atom stereocenters. The van der Waals surface area contributed by atoms with Gasteiger partial charge in [0.1, 0.15) is 0 Å². The number of piperidine rings is 1. The average Bonchev–Trinajstić information content (AvgIpc) is 3.09. The predicted octanol–water partition coefficient (Wildman–Crippen LogP) is 2.34. The van der Waals surface area contributed by atoms with Gasteiger partial charge < -0.3 is 10.6 Å². The second-order valence-electron chi connectivity index (χ2n) is 5.93. The molecular weight excluding hydrogens is 360 g/mol. The van der Waals surface area contributed by atoms with E-state index in [4.69, 9.17) is 17.3 Å². The maximum Gasteiger partial charge on any atom is 0.233 e. The molecule has 1 aliphatic heterocycles. The lowest BCUT2D eigenvalue weighted by Gasteiger charge is -2.31. The van der Waals surface area contributed by atoms with Crippen LogP contribution in [0.5, 0.6) is 0 Å². The van der Waals surface area contributed by atoms with Gasteiger partial charge >= 0.3 is 0 Å². The fraction of sp³-hybridized carbons (Fsp3) is 0.353. The molecule has 2 amide bonds. The van der Waals surface area contributed by atoms with Gasteiger partial charge in [-0.05, 0) is 37.1 Å². The van der Waals surface area contributed by atoms with Crippen molar-refractivity contribution in [2.24, 2.45) is 11.7 Å². The number of nitrogens with two attached hydrogens (primary N) is 1. The molecule has 1 aromatic carbocycles. The van der Waals surface area contributed by atoms with Crippen molar-refractivity contribution >= 4 is 35.2 Å². The van der Waals surface area contributed by atoms with E-state index in [2.05, 4.69) is 4.98 Å². The highest BCUT2D eigenvalue weighted by Gasteiger charge is 2.27. The smallest absolute Gasteiger partial charge is 0.233 e. The van der Waals surface area contributed by atoms with Crippen molar-refractivity contribution in [3.8, 4) is 5.69 Å². The van der Waals surface area contributed by atoms with Crippen LogP contribution in [0.25, 0.3) is 5.69 Å². The fourth-order valence-electron chi connectivity index (χ4n) is 2.85. The van der Waals surface area contributed by atoms with Crippen LogP contribution in [0.1, 0.15) is 12.8 Å². The summed E-state index contributed by atoms with van der Waals surface area (Å²) in [5, 5.41) is 1.40. The van der Waals surface area contributed by atoms with Crippen LogP contribution < -0.4 is 5.73 Å². The summed E-state index contributed by atoms with van der Waals surface area (Å²) in [5.41, 5.74) is 6.30. The minimum Gasteiger partial charge on any atom is -0.369 e. The topological polar surface area (TPSA) is 81.2 Å². The van der Waals surface area contributed by atoms with Crippen molar-refractivity contribution in [1.29, 1.82) is 0 Å². The van der Waals surface area contributed by atoms with Crippen LogP contribution in [0.2, 0.25) is 5.02 Å². The second kappa shape index (κ2) is 7.93. The van der Waals surface area contributed by atoms with Gasteiger partial charge in [0.05, 0.1) is 11.7 Å². The largest absolute Gasteiger partial charge is 0.369 e. The zero-order valence-electron chi connectivity index (χ0n) is 13.6. The van der Waals surface area contributed by atoms with E-state index >= 15 is 0 Å². The van der Waals surface area contributed by atoms with Crippen LogP contribution in [-0.2, 0) is 9.59 Å². The molecule has 6 nitrogen and oxygen atoms in total. The third-order valence-electron chi connectivity index (χ3n) is 4.21. The number of imidazole rings is 1. The normalized spacial score (nSPS) is 17.5. The summed E-state index contributed by atoms with van der Waals surface area (Å²) in [5.74, 6) is -0.292. The Morgan fingerprint density at radius 2 is 2.08 bits per heavy atom. The summed E-state index contributed by atoms with van der Waals surface area (Å²) < 4.78 is 1.91. The number of benzene rings is 1. The second-order valence-corrected chi connectivity index (χ2v) is 7.31. The van der Waals surface area contributed by atoms with Gasteiger partial charge in [-0.3, -0.25) is 14.2 Å². The number of aromatic nitrogens is 2. The van der Waals surface area contributed by atoms with Gasteiger partial charge in [0, 0.05) is 36.2 Å². The molecule has 2 N–H and O–H groups in total. The molecule has 1 saturated heterocycles. The Bertz CT molecular complexity index is 762.